The number of rotatable bonds is 6. The van der Waals surface area contributed by atoms with E-state index in [4.69, 9.17) is 4.74 Å². The molecule has 25 heavy (non-hydrogen) atoms. The minimum absolute atomic E-state index is 0.0481. The first kappa shape index (κ1) is 17.0. The first-order valence-electron chi connectivity index (χ1n) is 8.34. The molecule has 2 aromatic carbocycles. The van der Waals surface area contributed by atoms with Crippen LogP contribution in [0.25, 0.3) is 0 Å². The SMILES string of the molecule is O=C(COc1cccc([N+](=O)[O-])c1)N1CCCC1Cc1ccccc1. The van der Waals surface area contributed by atoms with Crippen molar-refractivity contribution in [3.05, 3.63) is 70.3 Å². The minimum Gasteiger partial charge on any atom is -0.484 e. The summed E-state index contributed by atoms with van der Waals surface area (Å²) in [6.07, 6.45) is 2.81. The van der Waals surface area contributed by atoms with E-state index in [-0.39, 0.29) is 24.2 Å². The summed E-state index contributed by atoms with van der Waals surface area (Å²) < 4.78 is 5.47. The van der Waals surface area contributed by atoms with Crippen LogP contribution in [0.1, 0.15) is 18.4 Å². The van der Waals surface area contributed by atoms with Gasteiger partial charge in [-0.25, -0.2) is 0 Å². The molecular weight excluding hydrogens is 320 g/mol. The van der Waals surface area contributed by atoms with E-state index in [1.54, 1.807) is 12.1 Å². The van der Waals surface area contributed by atoms with Gasteiger partial charge in [-0.3, -0.25) is 14.9 Å². The third kappa shape index (κ3) is 4.35. The third-order valence-corrected chi connectivity index (χ3v) is 4.40. The summed E-state index contributed by atoms with van der Waals surface area (Å²) in [6, 6.07) is 16.2. The maximum atomic E-state index is 12.5. The van der Waals surface area contributed by atoms with Gasteiger partial charge in [-0.15, -0.1) is 0 Å². The lowest BCUT2D eigenvalue weighted by atomic mass is 10.0. The Morgan fingerprint density at radius 3 is 2.76 bits per heavy atom. The highest BCUT2D eigenvalue weighted by Crippen LogP contribution is 2.23. The molecule has 0 radical (unpaired) electrons. The molecule has 1 fully saturated rings. The second-order valence-corrected chi connectivity index (χ2v) is 6.12. The number of nitrogens with zero attached hydrogens (tertiary/aromatic N) is 2. The number of amides is 1. The molecule has 0 saturated carbocycles. The average Bonchev–Trinajstić information content (AvgIpc) is 3.09. The number of carbonyl (C=O) groups is 1. The van der Waals surface area contributed by atoms with Crippen LogP contribution in [0.15, 0.2) is 54.6 Å². The highest BCUT2D eigenvalue weighted by Gasteiger charge is 2.28. The van der Waals surface area contributed by atoms with Gasteiger partial charge < -0.3 is 9.64 Å². The Morgan fingerprint density at radius 2 is 2.00 bits per heavy atom. The van der Waals surface area contributed by atoms with E-state index in [1.807, 2.05) is 23.1 Å². The highest BCUT2D eigenvalue weighted by molar-refractivity contribution is 5.78. The molecule has 0 aliphatic carbocycles. The zero-order valence-electron chi connectivity index (χ0n) is 13.8. The van der Waals surface area contributed by atoms with Crippen molar-refractivity contribution >= 4 is 11.6 Å². The van der Waals surface area contributed by atoms with Gasteiger partial charge in [-0.2, -0.15) is 0 Å². The van der Waals surface area contributed by atoms with Gasteiger partial charge in [0.15, 0.2) is 6.61 Å². The number of carbonyl (C=O) groups excluding carboxylic acids is 1. The number of nitro groups is 1. The Kier molecular flexibility index (Phi) is 5.28. The predicted octanol–water partition coefficient (Wildman–Crippen LogP) is 3.21. The highest BCUT2D eigenvalue weighted by atomic mass is 16.6. The van der Waals surface area contributed by atoms with Crippen LogP contribution in [0.5, 0.6) is 5.75 Å². The van der Waals surface area contributed by atoms with Gasteiger partial charge in [-0.1, -0.05) is 36.4 Å². The first-order valence-corrected chi connectivity index (χ1v) is 8.34. The largest absolute Gasteiger partial charge is 0.484 e. The molecule has 2 aromatic rings. The van der Waals surface area contributed by atoms with E-state index >= 15 is 0 Å². The molecule has 6 heteroatoms. The number of nitro benzene ring substituents is 1. The van der Waals surface area contributed by atoms with E-state index in [0.717, 1.165) is 25.8 Å². The molecular formula is C19H20N2O4. The number of benzene rings is 2. The van der Waals surface area contributed by atoms with Gasteiger partial charge in [0.25, 0.3) is 11.6 Å². The van der Waals surface area contributed by atoms with Gasteiger partial charge in [0, 0.05) is 18.7 Å². The number of non-ortho nitro benzene ring substituents is 1. The van der Waals surface area contributed by atoms with Crippen LogP contribution >= 0.6 is 0 Å². The lowest BCUT2D eigenvalue weighted by molar-refractivity contribution is -0.384. The first-order chi connectivity index (χ1) is 12.1. The summed E-state index contributed by atoms with van der Waals surface area (Å²) in [6.45, 7) is 0.626. The molecule has 130 valence electrons. The van der Waals surface area contributed by atoms with Gasteiger partial charge in [0.2, 0.25) is 0 Å². The molecule has 1 unspecified atom stereocenters. The maximum absolute atomic E-state index is 12.5. The molecule has 3 rings (SSSR count). The Morgan fingerprint density at radius 1 is 1.20 bits per heavy atom. The second kappa shape index (κ2) is 7.79. The number of hydrogen-bond acceptors (Lipinski definition) is 4. The number of likely N-dealkylation sites (tertiary alicyclic amines) is 1. The van der Waals surface area contributed by atoms with Crippen LogP contribution in [0.4, 0.5) is 5.69 Å². The molecule has 1 amide bonds. The van der Waals surface area contributed by atoms with Crippen LogP contribution in [0, 0.1) is 10.1 Å². The molecule has 0 N–H and O–H groups in total. The molecule has 0 aromatic heterocycles. The average molecular weight is 340 g/mol. The standard InChI is InChI=1S/C19H20N2O4/c22-19(14-25-18-10-4-8-17(13-18)21(23)24)20-11-5-9-16(20)12-15-6-2-1-3-7-15/h1-4,6-8,10,13,16H,5,9,11-12,14H2. The van der Waals surface area contributed by atoms with Gasteiger partial charge in [-0.05, 0) is 30.9 Å². The Balaban J connectivity index is 1.58. The number of hydrogen-bond donors (Lipinski definition) is 0. The predicted molar refractivity (Wildman–Crippen MR) is 93.5 cm³/mol. The maximum Gasteiger partial charge on any atom is 0.273 e. The topological polar surface area (TPSA) is 72.7 Å². The lowest BCUT2D eigenvalue weighted by Gasteiger charge is -2.25. The Bertz CT molecular complexity index is 748. The quantitative estimate of drug-likeness (QED) is 0.598. The van der Waals surface area contributed by atoms with Crippen molar-refractivity contribution in [1.82, 2.24) is 4.90 Å². The normalized spacial score (nSPS) is 16.6. The fourth-order valence-corrected chi connectivity index (χ4v) is 3.18. The minimum atomic E-state index is -0.481. The van der Waals surface area contributed by atoms with Gasteiger partial charge >= 0.3 is 0 Å². The zero-order valence-corrected chi connectivity index (χ0v) is 13.8. The molecule has 1 atom stereocenters. The van der Waals surface area contributed by atoms with Crippen molar-refractivity contribution < 1.29 is 14.5 Å². The summed E-state index contributed by atoms with van der Waals surface area (Å²) in [7, 11) is 0. The summed E-state index contributed by atoms with van der Waals surface area (Å²) in [5, 5.41) is 10.8. The van der Waals surface area contributed by atoms with Gasteiger partial charge in [0.05, 0.1) is 11.0 Å². The molecule has 0 bridgehead atoms. The van der Waals surface area contributed by atoms with E-state index in [9.17, 15) is 14.9 Å². The fourth-order valence-electron chi connectivity index (χ4n) is 3.18. The summed E-state index contributed by atoms with van der Waals surface area (Å²) in [4.78, 5) is 24.7. The summed E-state index contributed by atoms with van der Waals surface area (Å²) in [5.41, 5.74) is 1.17. The van der Waals surface area contributed by atoms with Crippen molar-refractivity contribution in [2.45, 2.75) is 25.3 Å². The Hall–Kier alpha value is -2.89. The number of ether oxygens (including phenoxy) is 1. The van der Waals surface area contributed by atoms with Crippen molar-refractivity contribution in [3.8, 4) is 5.75 Å². The molecule has 1 aliphatic rings. The van der Waals surface area contributed by atoms with Crippen LogP contribution in [0.2, 0.25) is 0 Å². The molecule has 6 nitrogen and oxygen atoms in total. The summed E-state index contributed by atoms with van der Waals surface area (Å²) in [5.74, 6) is 0.256. The smallest absolute Gasteiger partial charge is 0.273 e. The van der Waals surface area contributed by atoms with Crippen molar-refractivity contribution in [3.63, 3.8) is 0 Å². The lowest BCUT2D eigenvalue weighted by Crippen LogP contribution is -2.39. The second-order valence-electron chi connectivity index (χ2n) is 6.12. The Labute approximate surface area is 146 Å². The van der Waals surface area contributed by atoms with Gasteiger partial charge in [0.1, 0.15) is 5.75 Å². The van der Waals surface area contributed by atoms with Crippen molar-refractivity contribution in [2.24, 2.45) is 0 Å². The zero-order chi connectivity index (χ0) is 17.6. The summed E-state index contributed by atoms with van der Waals surface area (Å²) >= 11 is 0. The molecule has 0 spiro atoms. The monoisotopic (exact) mass is 340 g/mol. The van der Waals surface area contributed by atoms with Crippen LogP contribution in [0.3, 0.4) is 0 Å². The van der Waals surface area contributed by atoms with E-state index in [0.29, 0.717) is 5.75 Å². The molecule has 1 aliphatic heterocycles. The van der Waals surface area contributed by atoms with E-state index in [1.165, 1.54) is 17.7 Å². The molecule has 1 heterocycles. The van der Waals surface area contributed by atoms with Crippen LogP contribution in [-0.2, 0) is 11.2 Å². The van der Waals surface area contributed by atoms with E-state index < -0.39 is 4.92 Å². The van der Waals surface area contributed by atoms with E-state index in [2.05, 4.69) is 12.1 Å². The third-order valence-electron chi connectivity index (χ3n) is 4.40. The molecule has 1 saturated heterocycles. The van der Waals surface area contributed by atoms with Crippen LogP contribution < -0.4 is 4.74 Å². The fraction of sp³-hybridized carbons (Fsp3) is 0.316. The van der Waals surface area contributed by atoms with Crippen molar-refractivity contribution in [2.75, 3.05) is 13.2 Å². The van der Waals surface area contributed by atoms with Crippen LogP contribution in [-0.4, -0.2) is 34.9 Å². The van der Waals surface area contributed by atoms with Crippen molar-refractivity contribution in [1.29, 1.82) is 0 Å².